The predicted octanol–water partition coefficient (Wildman–Crippen LogP) is 4.08. The van der Waals surface area contributed by atoms with Gasteiger partial charge < -0.3 is 15.0 Å². The zero-order valence-electron chi connectivity index (χ0n) is 15.4. The Labute approximate surface area is 168 Å². The number of nitrogens with zero attached hydrogens (tertiary/aromatic N) is 3. The highest BCUT2D eigenvalue weighted by Gasteiger charge is 2.22. The summed E-state index contributed by atoms with van der Waals surface area (Å²) in [5.74, 6) is 0.924. The maximum Gasteiger partial charge on any atom is 0.257 e. The van der Waals surface area contributed by atoms with E-state index < -0.39 is 0 Å². The maximum atomic E-state index is 12.8. The van der Waals surface area contributed by atoms with Crippen molar-refractivity contribution < 1.29 is 9.53 Å². The molecule has 2 aromatic carbocycles. The number of carbonyl (C=O) groups excluding carboxylic acids is 1. The third kappa shape index (κ3) is 3.77. The lowest BCUT2D eigenvalue weighted by Crippen LogP contribution is -2.36. The molecule has 3 aromatic rings. The monoisotopic (exact) mass is 394 g/mol. The van der Waals surface area contributed by atoms with Gasteiger partial charge in [-0.1, -0.05) is 35.9 Å². The van der Waals surface area contributed by atoms with Crippen molar-refractivity contribution in [3.8, 4) is 5.75 Å². The SMILES string of the molecule is COc1ccc(Nc2ncc(C(=O)N3CCc4ccccc4C3)cn2)cc1Cl. The average molecular weight is 395 g/mol. The molecular formula is C21H19ClN4O2. The number of rotatable bonds is 4. The van der Waals surface area contributed by atoms with Gasteiger partial charge in [-0.2, -0.15) is 0 Å². The molecule has 7 heteroatoms. The molecule has 6 nitrogen and oxygen atoms in total. The van der Waals surface area contributed by atoms with Gasteiger partial charge in [0.05, 0.1) is 17.7 Å². The summed E-state index contributed by atoms with van der Waals surface area (Å²) in [6, 6.07) is 13.5. The van der Waals surface area contributed by atoms with Gasteiger partial charge in [-0.3, -0.25) is 4.79 Å². The molecule has 0 unspecified atom stereocenters. The lowest BCUT2D eigenvalue weighted by molar-refractivity contribution is 0.0734. The van der Waals surface area contributed by atoms with Crippen LogP contribution in [0.4, 0.5) is 11.6 Å². The number of anilines is 2. The number of halogens is 1. The topological polar surface area (TPSA) is 67.3 Å². The van der Waals surface area contributed by atoms with Crippen LogP contribution in [0.1, 0.15) is 21.5 Å². The number of amides is 1. The maximum absolute atomic E-state index is 12.8. The van der Waals surface area contributed by atoms with Crippen LogP contribution < -0.4 is 10.1 Å². The molecule has 0 spiro atoms. The number of methoxy groups -OCH3 is 1. The van der Waals surface area contributed by atoms with E-state index in [-0.39, 0.29) is 5.91 Å². The molecule has 142 valence electrons. The minimum absolute atomic E-state index is 0.0615. The van der Waals surface area contributed by atoms with E-state index in [1.165, 1.54) is 11.1 Å². The molecule has 0 aliphatic carbocycles. The van der Waals surface area contributed by atoms with Crippen molar-refractivity contribution in [1.29, 1.82) is 0 Å². The van der Waals surface area contributed by atoms with Crippen LogP contribution in [0.3, 0.4) is 0 Å². The van der Waals surface area contributed by atoms with E-state index >= 15 is 0 Å². The van der Waals surface area contributed by atoms with E-state index in [9.17, 15) is 4.79 Å². The van der Waals surface area contributed by atoms with Crippen molar-refractivity contribution in [3.05, 3.63) is 76.6 Å². The lowest BCUT2D eigenvalue weighted by atomic mass is 9.99. The normalized spacial score (nSPS) is 13.0. The van der Waals surface area contributed by atoms with Gasteiger partial charge in [-0.15, -0.1) is 0 Å². The second kappa shape index (κ2) is 7.86. The van der Waals surface area contributed by atoms with Gasteiger partial charge >= 0.3 is 0 Å². The number of aromatic nitrogens is 2. The average Bonchev–Trinajstić information content (AvgIpc) is 2.73. The first-order valence-electron chi connectivity index (χ1n) is 8.92. The van der Waals surface area contributed by atoms with Gasteiger partial charge in [-0.25, -0.2) is 9.97 Å². The quantitative estimate of drug-likeness (QED) is 0.722. The van der Waals surface area contributed by atoms with Crippen LogP contribution in [0.2, 0.25) is 5.02 Å². The Kier molecular flexibility index (Phi) is 5.12. The van der Waals surface area contributed by atoms with E-state index in [0.717, 1.165) is 12.1 Å². The van der Waals surface area contributed by atoms with E-state index in [4.69, 9.17) is 16.3 Å². The summed E-state index contributed by atoms with van der Waals surface area (Å²) in [4.78, 5) is 23.1. The first kappa shape index (κ1) is 18.3. The summed E-state index contributed by atoms with van der Waals surface area (Å²) in [7, 11) is 1.56. The summed E-state index contributed by atoms with van der Waals surface area (Å²) in [5, 5.41) is 3.56. The fraction of sp³-hybridized carbons (Fsp3) is 0.190. The molecule has 4 rings (SSSR count). The van der Waals surface area contributed by atoms with Gasteiger partial charge in [-0.05, 0) is 35.7 Å². The van der Waals surface area contributed by atoms with Crippen LogP contribution in [-0.4, -0.2) is 34.4 Å². The molecule has 1 aromatic heterocycles. The minimum atomic E-state index is -0.0615. The number of carbonyl (C=O) groups is 1. The molecule has 0 saturated carbocycles. The van der Waals surface area contributed by atoms with Crippen molar-refractivity contribution in [2.45, 2.75) is 13.0 Å². The highest BCUT2D eigenvalue weighted by Crippen LogP contribution is 2.28. The molecule has 0 fully saturated rings. The minimum Gasteiger partial charge on any atom is -0.495 e. The Morgan fingerprint density at radius 2 is 1.89 bits per heavy atom. The van der Waals surface area contributed by atoms with Gasteiger partial charge in [0.2, 0.25) is 5.95 Å². The first-order chi connectivity index (χ1) is 13.6. The van der Waals surface area contributed by atoms with Crippen molar-refractivity contribution in [2.75, 3.05) is 19.0 Å². The Hall–Kier alpha value is -3.12. The fourth-order valence-corrected chi connectivity index (χ4v) is 3.49. The Bertz CT molecular complexity index is 1010. The molecule has 1 aliphatic heterocycles. The van der Waals surface area contributed by atoms with Gasteiger partial charge in [0.1, 0.15) is 5.75 Å². The summed E-state index contributed by atoms with van der Waals surface area (Å²) >= 11 is 6.13. The molecule has 1 amide bonds. The molecule has 28 heavy (non-hydrogen) atoms. The zero-order chi connectivity index (χ0) is 19.5. The number of hydrogen-bond acceptors (Lipinski definition) is 5. The van der Waals surface area contributed by atoms with Gasteiger partial charge in [0, 0.05) is 31.2 Å². The smallest absolute Gasteiger partial charge is 0.257 e. The highest BCUT2D eigenvalue weighted by atomic mass is 35.5. The molecule has 2 heterocycles. The van der Waals surface area contributed by atoms with Crippen molar-refractivity contribution in [2.24, 2.45) is 0 Å². The molecule has 1 N–H and O–H groups in total. The molecule has 0 saturated heterocycles. The highest BCUT2D eigenvalue weighted by molar-refractivity contribution is 6.32. The largest absolute Gasteiger partial charge is 0.495 e. The number of hydrogen-bond donors (Lipinski definition) is 1. The molecular weight excluding hydrogens is 376 g/mol. The Morgan fingerprint density at radius 1 is 1.14 bits per heavy atom. The van der Waals surface area contributed by atoms with Gasteiger partial charge in [0.25, 0.3) is 5.91 Å². The number of ether oxygens (including phenoxy) is 1. The van der Waals surface area contributed by atoms with Gasteiger partial charge in [0.15, 0.2) is 0 Å². The third-order valence-electron chi connectivity index (χ3n) is 4.72. The third-order valence-corrected chi connectivity index (χ3v) is 5.02. The fourth-order valence-electron chi connectivity index (χ4n) is 3.23. The van der Waals surface area contributed by atoms with E-state index in [2.05, 4.69) is 27.4 Å². The molecule has 0 bridgehead atoms. The van der Waals surface area contributed by atoms with Crippen LogP contribution in [0.15, 0.2) is 54.9 Å². The van der Waals surface area contributed by atoms with E-state index in [1.807, 2.05) is 23.1 Å². The first-order valence-corrected chi connectivity index (χ1v) is 9.30. The summed E-state index contributed by atoms with van der Waals surface area (Å²) in [6.45, 7) is 1.31. The zero-order valence-corrected chi connectivity index (χ0v) is 16.1. The lowest BCUT2D eigenvalue weighted by Gasteiger charge is -2.28. The Balaban J connectivity index is 1.44. The number of nitrogens with one attached hydrogen (secondary N) is 1. The van der Waals surface area contributed by atoms with E-state index in [0.29, 0.717) is 35.4 Å². The standard InChI is InChI=1S/C21H19ClN4O2/c1-28-19-7-6-17(10-18(19)22)25-21-23-11-16(12-24-21)20(27)26-9-8-14-4-2-3-5-15(14)13-26/h2-7,10-12H,8-9,13H2,1H3,(H,23,24,25). The van der Waals surface area contributed by atoms with E-state index in [1.54, 1.807) is 31.6 Å². The molecule has 0 radical (unpaired) electrons. The predicted molar refractivity (Wildman–Crippen MR) is 108 cm³/mol. The van der Waals surface area contributed by atoms with Crippen LogP contribution in [-0.2, 0) is 13.0 Å². The van der Waals surface area contributed by atoms with Crippen molar-refractivity contribution >= 4 is 29.1 Å². The number of benzene rings is 2. The van der Waals surface area contributed by atoms with Crippen LogP contribution in [0.25, 0.3) is 0 Å². The Morgan fingerprint density at radius 3 is 2.61 bits per heavy atom. The summed E-state index contributed by atoms with van der Waals surface area (Å²) in [6.07, 6.45) is 3.95. The second-order valence-corrected chi connectivity index (χ2v) is 6.92. The number of fused-ring (bicyclic) bond motifs is 1. The van der Waals surface area contributed by atoms with Crippen LogP contribution in [0.5, 0.6) is 5.75 Å². The van der Waals surface area contributed by atoms with Crippen molar-refractivity contribution in [3.63, 3.8) is 0 Å². The van der Waals surface area contributed by atoms with Crippen molar-refractivity contribution in [1.82, 2.24) is 14.9 Å². The molecule has 0 atom stereocenters. The summed E-state index contributed by atoms with van der Waals surface area (Å²) < 4.78 is 5.14. The second-order valence-electron chi connectivity index (χ2n) is 6.52. The summed E-state index contributed by atoms with van der Waals surface area (Å²) in [5.41, 5.74) is 3.70. The van der Waals surface area contributed by atoms with Crippen LogP contribution >= 0.6 is 11.6 Å². The molecule has 1 aliphatic rings. The van der Waals surface area contributed by atoms with Crippen LogP contribution in [0, 0.1) is 0 Å².